The Morgan fingerprint density at radius 1 is 1.33 bits per heavy atom. The molecule has 0 aliphatic carbocycles. The lowest BCUT2D eigenvalue weighted by atomic mass is 9.85. The highest BCUT2D eigenvalue weighted by Gasteiger charge is 2.32. The second-order valence-electron chi connectivity index (χ2n) is 6.08. The Balaban J connectivity index is 2.37. The second-order valence-corrected chi connectivity index (χ2v) is 6.08. The number of amides is 1. The maximum Gasteiger partial charge on any atom is 0.227 e. The Morgan fingerprint density at radius 3 is 2.56 bits per heavy atom. The molecule has 2 rings (SSSR count). The zero-order chi connectivity index (χ0) is 13.3. The number of anilines is 1. The Bertz CT molecular complexity index is 448. The van der Waals surface area contributed by atoms with Crippen molar-refractivity contribution < 1.29 is 4.79 Å². The average molecular weight is 246 g/mol. The van der Waals surface area contributed by atoms with E-state index in [2.05, 4.69) is 26.8 Å². The third-order valence-corrected chi connectivity index (χ3v) is 3.54. The zero-order valence-electron chi connectivity index (χ0n) is 11.4. The first-order valence-corrected chi connectivity index (χ1v) is 6.53. The first-order valence-electron chi connectivity index (χ1n) is 6.53. The summed E-state index contributed by atoms with van der Waals surface area (Å²) in [5, 5.41) is 0. The average Bonchev–Trinajstić information content (AvgIpc) is 2.69. The molecule has 98 valence electrons. The fraction of sp³-hybridized carbons (Fsp3) is 0.533. The van der Waals surface area contributed by atoms with Crippen molar-refractivity contribution in [3.05, 3.63) is 29.8 Å². The van der Waals surface area contributed by atoms with E-state index < -0.39 is 0 Å². The number of carbonyl (C=O) groups excluding carboxylic acids is 1. The van der Waals surface area contributed by atoms with Crippen molar-refractivity contribution in [2.75, 3.05) is 18.0 Å². The van der Waals surface area contributed by atoms with Gasteiger partial charge in [-0.25, -0.2) is 0 Å². The maximum absolute atomic E-state index is 12.1. The fourth-order valence-electron chi connectivity index (χ4n) is 2.52. The molecule has 1 heterocycles. The number of rotatable bonds is 2. The number of nitrogens with zero attached hydrogens (tertiary/aromatic N) is 1. The molecule has 3 heteroatoms. The van der Waals surface area contributed by atoms with E-state index in [1.54, 1.807) is 0 Å². The number of carbonyl (C=O) groups is 1. The van der Waals surface area contributed by atoms with Gasteiger partial charge in [0.05, 0.1) is 0 Å². The van der Waals surface area contributed by atoms with Crippen LogP contribution in [0.25, 0.3) is 0 Å². The van der Waals surface area contributed by atoms with Gasteiger partial charge < -0.3 is 10.6 Å². The first-order chi connectivity index (χ1) is 8.43. The van der Waals surface area contributed by atoms with Gasteiger partial charge in [-0.2, -0.15) is 0 Å². The van der Waals surface area contributed by atoms with Gasteiger partial charge in [-0.1, -0.05) is 39.0 Å². The number of hydrogen-bond acceptors (Lipinski definition) is 2. The van der Waals surface area contributed by atoms with E-state index in [1.165, 1.54) is 5.56 Å². The largest absolute Gasteiger partial charge is 0.330 e. The van der Waals surface area contributed by atoms with Crippen molar-refractivity contribution in [1.29, 1.82) is 0 Å². The summed E-state index contributed by atoms with van der Waals surface area (Å²) in [6.07, 6.45) is 0.578. The van der Waals surface area contributed by atoms with Gasteiger partial charge in [0.1, 0.15) is 0 Å². The SMILES string of the molecule is CC(C)(C)c1ccccc1N1CC(CN)CC1=O. The zero-order valence-corrected chi connectivity index (χ0v) is 11.4. The summed E-state index contributed by atoms with van der Waals surface area (Å²) in [7, 11) is 0. The highest BCUT2D eigenvalue weighted by atomic mass is 16.2. The van der Waals surface area contributed by atoms with Crippen LogP contribution in [0.15, 0.2) is 24.3 Å². The van der Waals surface area contributed by atoms with Crippen LogP contribution in [0.1, 0.15) is 32.8 Å². The first kappa shape index (κ1) is 13.1. The smallest absolute Gasteiger partial charge is 0.227 e. The molecule has 1 aliphatic heterocycles. The van der Waals surface area contributed by atoms with E-state index >= 15 is 0 Å². The summed E-state index contributed by atoms with van der Waals surface area (Å²) >= 11 is 0. The minimum atomic E-state index is 0.0394. The summed E-state index contributed by atoms with van der Waals surface area (Å²) in [4.78, 5) is 14.0. The molecule has 1 fully saturated rings. The maximum atomic E-state index is 12.1. The predicted octanol–water partition coefficient (Wildman–Crippen LogP) is 2.30. The van der Waals surface area contributed by atoms with E-state index in [-0.39, 0.29) is 11.3 Å². The lowest BCUT2D eigenvalue weighted by molar-refractivity contribution is -0.117. The topological polar surface area (TPSA) is 46.3 Å². The molecular weight excluding hydrogens is 224 g/mol. The molecule has 0 aromatic heterocycles. The normalized spacial score (nSPS) is 20.6. The third kappa shape index (κ3) is 2.41. The lowest BCUT2D eigenvalue weighted by Gasteiger charge is -2.27. The molecule has 1 aromatic carbocycles. The molecule has 3 nitrogen and oxygen atoms in total. The third-order valence-electron chi connectivity index (χ3n) is 3.54. The van der Waals surface area contributed by atoms with Crippen LogP contribution >= 0.6 is 0 Å². The molecule has 0 saturated carbocycles. The Hall–Kier alpha value is -1.35. The minimum absolute atomic E-state index is 0.0394. The number of hydrogen-bond donors (Lipinski definition) is 1. The van der Waals surface area contributed by atoms with Crippen molar-refractivity contribution in [3.8, 4) is 0 Å². The fourth-order valence-corrected chi connectivity index (χ4v) is 2.52. The van der Waals surface area contributed by atoms with Crippen LogP contribution in [0.4, 0.5) is 5.69 Å². The van der Waals surface area contributed by atoms with Crippen molar-refractivity contribution in [3.63, 3.8) is 0 Å². The highest BCUT2D eigenvalue weighted by molar-refractivity contribution is 5.96. The van der Waals surface area contributed by atoms with Crippen LogP contribution < -0.4 is 10.6 Å². The van der Waals surface area contributed by atoms with Crippen LogP contribution in [-0.2, 0) is 10.2 Å². The van der Waals surface area contributed by atoms with Crippen molar-refractivity contribution in [1.82, 2.24) is 0 Å². The molecule has 0 radical (unpaired) electrons. The van der Waals surface area contributed by atoms with E-state index in [0.29, 0.717) is 18.9 Å². The van der Waals surface area contributed by atoms with Gasteiger partial charge in [0.15, 0.2) is 0 Å². The van der Waals surface area contributed by atoms with Crippen molar-refractivity contribution in [2.45, 2.75) is 32.6 Å². The number of benzene rings is 1. The summed E-state index contributed by atoms with van der Waals surface area (Å²) < 4.78 is 0. The van der Waals surface area contributed by atoms with Crippen LogP contribution in [0.3, 0.4) is 0 Å². The van der Waals surface area contributed by atoms with Gasteiger partial charge in [-0.05, 0) is 29.5 Å². The van der Waals surface area contributed by atoms with Gasteiger partial charge in [0.25, 0.3) is 0 Å². The molecule has 18 heavy (non-hydrogen) atoms. The second kappa shape index (κ2) is 4.73. The lowest BCUT2D eigenvalue weighted by Crippen LogP contribution is -2.28. The van der Waals surface area contributed by atoms with E-state index in [4.69, 9.17) is 5.73 Å². The van der Waals surface area contributed by atoms with Gasteiger partial charge in [-0.15, -0.1) is 0 Å². The van der Waals surface area contributed by atoms with E-state index in [1.807, 2.05) is 23.1 Å². The van der Waals surface area contributed by atoms with Crippen molar-refractivity contribution in [2.24, 2.45) is 11.7 Å². The van der Waals surface area contributed by atoms with Gasteiger partial charge in [0, 0.05) is 18.7 Å². The molecule has 1 unspecified atom stereocenters. The molecule has 1 saturated heterocycles. The monoisotopic (exact) mass is 246 g/mol. The summed E-state index contributed by atoms with van der Waals surface area (Å²) in [6, 6.07) is 8.18. The quantitative estimate of drug-likeness (QED) is 0.870. The van der Waals surface area contributed by atoms with Crippen molar-refractivity contribution >= 4 is 11.6 Å². The van der Waals surface area contributed by atoms with Crippen LogP contribution in [0.2, 0.25) is 0 Å². The van der Waals surface area contributed by atoms with Crippen LogP contribution in [0.5, 0.6) is 0 Å². The summed E-state index contributed by atoms with van der Waals surface area (Å²) in [5.41, 5.74) is 7.99. The highest BCUT2D eigenvalue weighted by Crippen LogP contribution is 2.34. The number of nitrogens with two attached hydrogens (primary N) is 1. The molecular formula is C15H22N2O. The van der Waals surface area contributed by atoms with Gasteiger partial charge >= 0.3 is 0 Å². The Kier molecular flexibility index (Phi) is 3.44. The summed E-state index contributed by atoms with van der Waals surface area (Å²) in [6.45, 7) is 7.86. The molecule has 1 amide bonds. The Labute approximate surface area is 109 Å². The molecule has 0 spiro atoms. The molecule has 1 aliphatic rings. The molecule has 1 atom stereocenters. The Morgan fingerprint density at radius 2 is 2.00 bits per heavy atom. The molecule has 2 N–H and O–H groups in total. The standard InChI is InChI=1S/C15H22N2O/c1-15(2,3)12-6-4-5-7-13(12)17-10-11(9-16)8-14(17)18/h4-7,11H,8-10,16H2,1-3H3. The van der Waals surface area contributed by atoms with E-state index in [9.17, 15) is 4.79 Å². The minimum Gasteiger partial charge on any atom is -0.330 e. The predicted molar refractivity (Wildman–Crippen MR) is 74.7 cm³/mol. The van der Waals surface area contributed by atoms with Gasteiger partial charge in [-0.3, -0.25) is 4.79 Å². The summed E-state index contributed by atoms with van der Waals surface area (Å²) in [5.74, 6) is 0.493. The number of para-hydroxylation sites is 1. The van der Waals surface area contributed by atoms with Gasteiger partial charge in [0.2, 0.25) is 5.91 Å². The van der Waals surface area contributed by atoms with E-state index in [0.717, 1.165) is 12.2 Å². The molecule has 0 bridgehead atoms. The van der Waals surface area contributed by atoms with Crippen LogP contribution in [0, 0.1) is 5.92 Å². The van der Waals surface area contributed by atoms with Crippen LogP contribution in [-0.4, -0.2) is 19.0 Å². The molecule has 1 aromatic rings.